The molecule has 0 spiro atoms. The van der Waals surface area contributed by atoms with Crippen LogP contribution in [0.5, 0.6) is 5.75 Å². The largest absolute Gasteiger partial charge is 0.481 e. The molecule has 600 valence electrons. The second kappa shape index (κ2) is 50.1. The van der Waals surface area contributed by atoms with E-state index in [0.29, 0.717) is 51.5 Å². The quantitative estimate of drug-likeness (QED) is 0.00882. The maximum absolute atomic E-state index is 14.4. The molecule has 26 nitrogen and oxygen atoms in total. The predicted octanol–water partition coefficient (Wildman–Crippen LogP) is 11.7. The fourth-order valence-electron chi connectivity index (χ4n) is 13.9. The Morgan fingerprint density at radius 3 is 1.92 bits per heavy atom. The number of ether oxygens (including phenoxy) is 1. The molecule has 7 rings (SSSR count). The van der Waals surface area contributed by atoms with E-state index in [0.717, 1.165) is 118 Å². The van der Waals surface area contributed by atoms with Gasteiger partial charge in [-0.05, 0) is 156 Å². The van der Waals surface area contributed by atoms with E-state index in [1.54, 1.807) is 0 Å². The number of fused-ring (bicyclic) bond motifs is 2. The molecule has 0 saturated carbocycles. The number of nitrogens with zero attached hydrogens (tertiary/aromatic N) is 3. The van der Waals surface area contributed by atoms with Gasteiger partial charge in [-0.1, -0.05) is 151 Å². The minimum absolute atomic E-state index is 0.0550. The molecule has 4 aromatic carbocycles. The smallest absolute Gasteiger partial charge is 0.425 e. The molecule has 4 aromatic rings. The number of amides is 4. The van der Waals surface area contributed by atoms with Gasteiger partial charge >= 0.3 is 40.9 Å². The number of hydrogen-bond donors (Lipinski definition) is 8. The number of nitrogens with one attached hydrogen (secondary N) is 4. The second-order valence-corrected chi connectivity index (χ2v) is 29.0. The molecular formula is C84H112N9O17S+. The standard InChI is InChI=1S/C82H111N9O10.2CO2.O3S/c1-7-9-24-55-91-70-38-23-21-36-66(70)82(5,6)73(91)48-43-61-31-25-30-60(42-47-72-81(3,4)65-35-20-22-37-69(65)90(72)54-10-8-2)76(61)101-64-44-40-58(41-45-64)50-53-85-77(97)62(32-26-51-86-79(83)84)57-71(93)68(56-59-28-16-15-17-29-59)88-74(94)39-19-14-12-11-13-18-33-63(92)34-27-52-87-80(100)89-67(78(98)99)46-49-75(95)96;2*2-1-3;1-4(2)3/h15-17,20-23,28-29,35-38,40-45,47-48,62,67-68H,7-14,18-19,24-27,30-34,39,46,49-57H2,1-6H3,(H9-,83,84,85,86,87,88,89,94,95,96,97,98,99,100);;;/p+1/t62-,67-,68+;;;/m1.../s1. The summed E-state index contributed by atoms with van der Waals surface area (Å²) >= 11 is 0. The van der Waals surface area contributed by atoms with Crippen LogP contribution < -0.4 is 42.4 Å². The summed E-state index contributed by atoms with van der Waals surface area (Å²) in [5, 5.41) is 29.0. The van der Waals surface area contributed by atoms with Gasteiger partial charge in [-0.3, -0.25) is 29.0 Å². The first-order chi connectivity index (χ1) is 53.2. The molecule has 4 amide bonds. The van der Waals surface area contributed by atoms with E-state index in [1.807, 2.05) is 42.5 Å². The molecule has 3 atom stereocenters. The Kier molecular flexibility index (Phi) is 41.8. The predicted molar refractivity (Wildman–Crippen MR) is 421 cm³/mol. The van der Waals surface area contributed by atoms with E-state index >= 15 is 0 Å². The lowest BCUT2D eigenvalue weighted by Crippen LogP contribution is -2.46. The Hall–Kier alpha value is -10.8. The Balaban J connectivity index is 0.00000245. The van der Waals surface area contributed by atoms with Crippen LogP contribution in [0.2, 0.25) is 0 Å². The number of Topliss-reactive ketones (excluding diaryl/α,β-unsaturated/α-hetero) is 2. The summed E-state index contributed by atoms with van der Waals surface area (Å²) in [7, 11) is -3.11. The molecule has 2 aliphatic heterocycles. The summed E-state index contributed by atoms with van der Waals surface area (Å²) in [6.45, 7) is 16.5. The van der Waals surface area contributed by atoms with Crippen LogP contribution in [-0.2, 0) is 82.2 Å². The van der Waals surface area contributed by atoms with Crippen molar-refractivity contribution in [2.45, 2.75) is 225 Å². The molecule has 0 unspecified atom stereocenters. The summed E-state index contributed by atoms with van der Waals surface area (Å²) in [6.07, 6.45) is 25.0. The van der Waals surface area contributed by atoms with Crippen molar-refractivity contribution in [3.05, 3.63) is 172 Å². The van der Waals surface area contributed by atoms with Gasteiger partial charge in [0, 0.05) is 105 Å². The van der Waals surface area contributed by atoms with Crippen molar-refractivity contribution in [1.82, 2.24) is 21.3 Å². The first-order valence-corrected chi connectivity index (χ1v) is 39.3. The first kappa shape index (κ1) is 92.6. The Labute approximate surface area is 653 Å². The topological polar surface area (TPSA) is 407 Å². The van der Waals surface area contributed by atoms with Crippen LogP contribution in [0.1, 0.15) is 211 Å². The molecule has 1 aliphatic carbocycles. The third kappa shape index (κ3) is 32.4. The average Bonchev–Trinajstić information content (AvgIpc) is 1.60. The number of carboxylic acids is 2. The molecule has 0 radical (unpaired) electrons. The average molecular weight is 1550 g/mol. The van der Waals surface area contributed by atoms with Crippen LogP contribution >= 0.6 is 0 Å². The summed E-state index contributed by atoms with van der Waals surface area (Å²) in [4.78, 5) is 128. The maximum atomic E-state index is 14.4. The van der Waals surface area contributed by atoms with E-state index in [-0.39, 0.29) is 97.7 Å². The lowest BCUT2D eigenvalue weighted by molar-refractivity contribution is -0.438. The van der Waals surface area contributed by atoms with Crippen LogP contribution in [-0.4, -0.2) is 138 Å². The number of unbranched alkanes of at least 4 members (excludes halogenated alkanes) is 8. The van der Waals surface area contributed by atoms with Gasteiger partial charge in [-0.15, -0.1) is 12.6 Å². The Morgan fingerprint density at radius 1 is 0.649 bits per heavy atom. The van der Waals surface area contributed by atoms with Crippen molar-refractivity contribution >= 4 is 87.3 Å². The lowest BCUT2D eigenvalue weighted by Gasteiger charge is -2.27. The highest BCUT2D eigenvalue weighted by Crippen LogP contribution is 2.48. The van der Waals surface area contributed by atoms with Crippen LogP contribution in [0.15, 0.2) is 155 Å². The number of aliphatic imine (C=N–C) groups is 1. The molecule has 0 saturated heterocycles. The number of benzene rings is 4. The number of carbonyl (C=O) groups excluding carboxylic acids is 9. The van der Waals surface area contributed by atoms with Gasteiger partial charge in [0.1, 0.15) is 29.9 Å². The number of carbonyl (C=O) groups is 7. The second-order valence-electron chi connectivity index (χ2n) is 28.6. The summed E-state index contributed by atoms with van der Waals surface area (Å²) < 4.78 is 35.0. The number of para-hydroxylation sites is 2. The number of rotatable bonds is 44. The molecule has 3 aliphatic rings. The van der Waals surface area contributed by atoms with Gasteiger partial charge in [0.2, 0.25) is 17.5 Å². The van der Waals surface area contributed by atoms with E-state index in [4.69, 9.17) is 53.1 Å². The van der Waals surface area contributed by atoms with Gasteiger partial charge in [-0.25, -0.2) is 9.59 Å². The molecular weight excluding hydrogens is 1440 g/mol. The molecule has 0 aromatic heterocycles. The third-order valence-corrected chi connectivity index (χ3v) is 19.6. The highest BCUT2D eigenvalue weighted by atomic mass is 32.2. The van der Waals surface area contributed by atoms with Crippen molar-refractivity contribution < 1.29 is 84.9 Å². The first-order valence-electron chi connectivity index (χ1n) is 38.3. The fraction of sp³-hybridized carbons (Fsp3) is 0.488. The van der Waals surface area contributed by atoms with Gasteiger partial charge in [0.05, 0.1) is 11.5 Å². The van der Waals surface area contributed by atoms with Crippen molar-refractivity contribution in [3.8, 4) is 5.75 Å². The van der Waals surface area contributed by atoms with Crippen LogP contribution in [0.25, 0.3) is 0 Å². The monoisotopic (exact) mass is 1550 g/mol. The van der Waals surface area contributed by atoms with E-state index < -0.39 is 53.0 Å². The Bertz CT molecular complexity index is 4100. The van der Waals surface area contributed by atoms with Gasteiger partial charge in [0.25, 0.3) is 0 Å². The number of ketones is 2. The van der Waals surface area contributed by atoms with Crippen LogP contribution in [0, 0.1) is 5.92 Å². The van der Waals surface area contributed by atoms with Gasteiger partial charge in [0.15, 0.2) is 17.5 Å². The molecule has 0 fully saturated rings. The number of guanidine groups is 1. The highest BCUT2D eigenvalue weighted by molar-refractivity contribution is 7.59. The maximum Gasteiger partial charge on any atom is 0.425 e. The van der Waals surface area contributed by atoms with Crippen LogP contribution in [0.4, 0.5) is 16.2 Å². The Morgan fingerprint density at radius 2 is 1.27 bits per heavy atom. The van der Waals surface area contributed by atoms with Crippen molar-refractivity contribution in [2.24, 2.45) is 22.4 Å². The molecule has 2 heterocycles. The van der Waals surface area contributed by atoms with E-state index in [1.165, 1.54) is 40.3 Å². The molecule has 27 heteroatoms. The number of anilines is 1. The number of hydrogen-bond acceptors (Lipinski definition) is 17. The molecule has 10 N–H and O–H groups in total. The number of nitrogens with two attached hydrogens (primary N) is 2. The third-order valence-electron chi connectivity index (χ3n) is 19.6. The van der Waals surface area contributed by atoms with Crippen molar-refractivity contribution in [1.29, 1.82) is 0 Å². The number of aliphatic carboxylic acids is 2. The van der Waals surface area contributed by atoms with E-state index in [9.17, 15) is 38.7 Å². The SMILES string of the molecule is CCCCC[N+]1=C(/C=C/C2=C(Oc3ccc(CCNC(=O)[C@H](CCCN=C(N)N)CC(=O)[C@H](Cc4ccccc4)NC(=O)CCCCCCCCC(=O)CCCNC(=O)N[C@H](CCC(=O)O)C(=O)O)cc3)C(=C/C=C3/N(CCCC)c4ccccc4C3(C)C)/CCC2)C(C)(C)c2ccccc21.O=C=O.O=C=O.O=S(=O)=O. The lowest BCUT2D eigenvalue weighted by atomic mass is 9.81. The van der Waals surface area contributed by atoms with Crippen molar-refractivity contribution in [3.63, 3.8) is 0 Å². The summed E-state index contributed by atoms with van der Waals surface area (Å²) in [5.74, 6) is -2.34. The zero-order valence-electron chi connectivity index (χ0n) is 65.0. The number of carboxylic acid groups (broad SMARTS) is 2. The zero-order valence-corrected chi connectivity index (χ0v) is 65.8. The van der Waals surface area contributed by atoms with Crippen molar-refractivity contribution in [2.75, 3.05) is 37.6 Å². The highest BCUT2D eigenvalue weighted by Gasteiger charge is 2.44. The van der Waals surface area contributed by atoms with E-state index in [2.05, 4.69) is 162 Å². The number of allylic oxidation sites excluding steroid dienone is 7. The fourth-order valence-corrected chi connectivity index (χ4v) is 13.9. The number of urea groups is 1. The summed E-state index contributed by atoms with van der Waals surface area (Å²) in [6, 6.07) is 32.4. The zero-order chi connectivity index (χ0) is 81.7. The van der Waals surface area contributed by atoms with Crippen LogP contribution in [0.3, 0.4) is 0 Å². The van der Waals surface area contributed by atoms with Gasteiger partial charge in [-0.2, -0.15) is 23.8 Å². The molecule has 111 heavy (non-hydrogen) atoms. The molecule has 0 bridgehead atoms. The van der Waals surface area contributed by atoms with Gasteiger partial charge < -0.3 is 52.6 Å². The summed E-state index contributed by atoms with van der Waals surface area (Å²) in [5.41, 5.74) is 23.0. The minimum atomic E-state index is -3.11. The normalized spacial score (nSPS) is 15.1. The minimum Gasteiger partial charge on any atom is -0.481 e.